The highest BCUT2D eigenvalue weighted by atomic mass is 16.5. The molecule has 26 heavy (non-hydrogen) atoms. The first kappa shape index (κ1) is 17.9. The van der Waals surface area contributed by atoms with Crippen LogP contribution in [-0.4, -0.2) is 61.3 Å². The number of aromatic nitrogens is 2. The van der Waals surface area contributed by atoms with Crippen LogP contribution in [0.2, 0.25) is 0 Å². The molecule has 0 atom stereocenters. The Morgan fingerprint density at radius 2 is 2.00 bits per heavy atom. The van der Waals surface area contributed by atoms with Gasteiger partial charge in [-0.2, -0.15) is 4.98 Å². The van der Waals surface area contributed by atoms with E-state index in [0.717, 1.165) is 5.56 Å². The van der Waals surface area contributed by atoms with E-state index in [0.29, 0.717) is 55.1 Å². The van der Waals surface area contributed by atoms with Crippen LogP contribution < -0.4 is 14.8 Å². The molecule has 1 aromatic heterocycles. The largest absolute Gasteiger partial charge is 0.495 e. The molecule has 0 saturated carbocycles. The smallest absolute Gasteiger partial charge is 0.254 e. The molecular weight excluding hydrogens is 336 g/mol. The topological polar surface area (TPSA) is 85.8 Å². The van der Waals surface area contributed by atoms with Gasteiger partial charge in [-0.05, 0) is 25.1 Å². The molecule has 2 heterocycles. The van der Waals surface area contributed by atoms with Crippen LogP contribution in [0.3, 0.4) is 0 Å². The zero-order valence-corrected chi connectivity index (χ0v) is 15.1. The predicted octanol–water partition coefficient (Wildman–Crippen LogP) is 2.02. The van der Waals surface area contributed by atoms with Crippen LogP contribution in [0.15, 0.2) is 24.4 Å². The maximum Gasteiger partial charge on any atom is 0.254 e. The third kappa shape index (κ3) is 3.85. The van der Waals surface area contributed by atoms with Gasteiger partial charge < -0.3 is 24.4 Å². The molecule has 1 aromatic carbocycles. The molecule has 138 valence electrons. The zero-order valence-electron chi connectivity index (χ0n) is 15.1. The number of ether oxygens (including phenoxy) is 3. The molecule has 1 N–H and O–H groups in total. The van der Waals surface area contributed by atoms with Crippen molar-refractivity contribution < 1.29 is 19.0 Å². The highest BCUT2D eigenvalue weighted by Gasteiger charge is 2.20. The molecule has 8 nitrogen and oxygen atoms in total. The summed E-state index contributed by atoms with van der Waals surface area (Å²) in [6.45, 7) is 4.19. The molecule has 1 saturated heterocycles. The fraction of sp³-hybridized carbons (Fsp3) is 0.389. The number of nitrogens with zero attached hydrogens (tertiary/aromatic N) is 3. The maximum absolute atomic E-state index is 12.6. The third-order valence-electron chi connectivity index (χ3n) is 4.11. The number of carbonyl (C=O) groups excluding carboxylic acids is 1. The van der Waals surface area contributed by atoms with Crippen LogP contribution in [0.25, 0.3) is 0 Å². The van der Waals surface area contributed by atoms with Gasteiger partial charge in [-0.15, -0.1) is 0 Å². The lowest BCUT2D eigenvalue weighted by Gasteiger charge is -2.27. The number of amides is 1. The van der Waals surface area contributed by atoms with Crippen molar-refractivity contribution in [2.75, 3.05) is 45.8 Å². The second-order valence-electron chi connectivity index (χ2n) is 5.83. The number of benzene rings is 1. The Balaban J connectivity index is 1.81. The summed E-state index contributed by atoms with van der Waals surface area (Å²) in [6, 6.07) is 5.25. The Labute approximate surface area is 152 Å². The van der Waals surface area contributed by atoms with E-state index in [-0.39, 0.29) is 5.91 Å². The van der Waals surface area contributed by atoms with Crippen molar-refractivity contribution in [1.82, 2.24) is 14.9 Å². The lowest BCUT2D eigenvalue weighted by Crippen LogP contribution is -2.40. The number of carbonyl (C=O) groups is 1. The van der Waals surface area contributed by atoms with Crippen molar-refractivity contribution in [3.63, 3.8) is 0 Å². The Morgan fingerprint density at radius 3 is 2.69 bits per heavy atom. The van der Waals surface area contributed by atoms with E-state index >= 15 is 0 Å². The minimum Gasteiger partial charge on any atom is -0.495 e. The van der Waals surface area contributed by atoms with Crippen LogP contribution in [0.1, 0.15) is 15.9 Å². The van der Waals surface area contributed by atoms with E-state index in [2.05, 4.69) is 15.3 Å². The van der Waals surface area contributed by atoms with E-state index in [1.165, 1.54) is 0 Å². The SMILES string of the molecule is COc1cc(C(=O)N2CCOCC2)ccc1Nc1ncc(C)c(OC)n1. The van der Waals surface area contributed by atoms with Gasteiger partial charge in [0.2, 0.25) is 11.8 Å². The molecule has 0 aliphatic carbocycles. The molecule has 1 fully saturated rings. The molecule has 2 aromatic rings. The normalized spacial score (nSPS) is 14.0. The van der Waals surface area contributed by atoms with Gasteiger partial charge in [0.1, 0.15) is 5.75 Å². The minimum atomic E-state index is -0.0357. The van der Waals surface area contributed by atoms with E-state index in [1.807, 2.05) is 6.92 Å². The first-order valence-corrected chi connectivity index (χ1v) is 8.32. The summed E-state index contributed by atoms with van der Waals surface area (Å²) in [5.41, 5.74) is 2.07. The molecular formula is C18H22N4O4. The summed E-state index contributed by atoms with van der Waals surface area (Å²) in [4.78, 5) is 22.9. The predicted molar refractivity (Wildman–Crippen MR) is 96.3 cm³/mol. The molecule has 0 spiro atoms. The van der Waals surface area contributed by atoms with Crippen molar-refractivity contribution in [2.45, 2.75) is 6.92 Å². The van der Waals surface area contributed by atoms with Crippen LogP contribution in [0.4, 0.5) is 11.6 Å². The second kappa shape index (κ2) is 8.01. The Bertz CT molecular complexity index is 791. The van der Waals surface area contributed by atoms with E-state index < -0.39 is 0 Å². The van der Waals surface area contributed by atoms with Crippen LogP contribution >= 0.6 is 0 Å². The average Bonchev–Trinajstić information content (AvgIpc) is 2.69. The average molecular weight is 358 g/mol. The fourth-order valence-corrected chi connectivity index (χ4v) is 2.69. The van der Waals surface area contributed by atoms with Gasteiger partial charge >= 0.3 is 0 Å². The number of nitrogens with one attached hydrogen (secondary N) is 1. The van der Waals surface area contributed by atoms with Gasteiger partial charge in [-0.1, -0.05) is 0 Å². The molecule has 1 aliphatic rings. The van der Waals surface area contributed by atoms with Crippen molar-refractivity contribution in [3.05, 3.63) is 35.5 Å². The van der Waals surface area contributed by atoms with Crippen LogP contribution in [0.5, 0.6) is 11.6 Å². The second-order valence-corrected chi connectivity index (χ2v) is 5.83. The summed E-state index contributed by atoms with van der Waals surface area (Å²) >= 11 is 0. The molecule has 0 radical (unpaired) electrons. The molecule has 8 heteroatoms. The van der Waals surface area contributed by atoms with Crippen molar-refractivity contribution >= 4 is 17.5 Å². The molecule has 0 bridgehead atoms. The van der Waals surface area contributed by atoms with Crippen LogP contribution in [0, 0.1) is 6.92 Å². The van der Waals surface area contributed by atoms with Crippen molar-refractivity contribution in [2.24, 2.45) is 0 Å². The lowest BCUT2D eigenvalue weighted by molar-refractivity contribution is 0.0302. The highest BCUT2D eigenvalue weighted by molar-refractivity contribution is 5.95. The first-order valence-electron chi connectivity index (χ1n) is 8.32. The zero-order chi connectivity index (χ0) is 18.5. The lowest BCUT2D eigenvalue weighted by atomic mass is 10.1. The van der Waals surface area contributed by atoms with E-state index in [4.69, 9.17) is 14.2 Å². The van der Waals surface area contributed by atoms with Gasteiger partial charge in [0.15, 0.2) is 0 Å². The summed E-state index contributed by atoms with van der Waals surface area (Å²) in [7, 11) is 3.12. The van der Waals surface area contributed by atoms with Gasteiger partial charge in [0, 0.05) is 30.4 Å². The molecule has 1 amide bonds. The monoisotopic (exact) mass is 358 g/mol. The summed E-state index contributed by atoms with van der Waals surface area (Å²) < 4.78 is 15.9. The number of morpholine rings is 1. The van der Waals surface area contributed by atoms with Crippen molar-refractivity contribution in [3.8, 4) is 11.6 Å². The highest BCUT2D eigenvalue weighted by Crippen LogP contribution is 2.29. The summed E-state index contributed by atoms with van der Waals surface area (Å²) in [5, 5.41) is 3.10. The number of aryl methyl sites for hydroxylation is 1. The quantitative estimate of drug-likeness (QED) is 0.875. The molecule has 3 rings (SSSR count). The fourth-order valence-electron chi connectivity index (χ4n) is 2.69. The first-order chi connectivity index (χ1) is 12.6. The third-order valence-corrected chi connectivity index (χ3v) is 4.11. The Kier molecular flexibility index (Phi) is 5.52. The van der Waals surface area contributed by atoms with Crippen LogP contribution in [-0.2, 0) is 4.74 Å². The number of hydrogen-bond acceptors (Lipinski definition) is 7. The summed E-state index contributed by atoms with van der Waals surface area (Å²) in [5.74, 6) is 1.39. The number of anilines is 2. The number of methoxy groups -OCH3 is 2. The van der Waals surface area contributed by atoms with Gasteiger partial charge in [0.05, 0.1) is 33.1 Å². The standard InChI is InChI=1S/C18H22N4O4/c1-12-11-19-18(21-16(12)25-3)20-14-5-4-13(10-15(14)24-2)17(23)22-6-8-26-9-7-22/h4-5,10-11H,6-9H2,1-3H3,(H,19,20,21). The number of hydrogen-bond donors (Lipinski definition) is 1. The van der Waals surface area contributed by atoms with Gasteiger partial charge in [-0.3, -0.25) is 4.79 Å². The Hall–Kier alpha value is -2.87. The van der Waals surface area contributed by atoms with Gasteiger partial charge in [0.25, 0.3) is 5.91 Å². The summed E-state index contributed by atoms with van der Waals surface area (Å²) in [6.07, 6.45) is 1.68. The van der Waals surface area contributed by atoms with Crippen molar-refractivity contribution in [1.29, 1.82) is 0 Å². The molecule has 1 aliphatic heterocycles. The maximum atomic E-state index is 12.6. The number of rotatable bonds is 5. The van der Waals surface area contributed by atoms with E-state index in [1.54, 1.807) is 43.5 Å². The molecule has 0 unspecified atom stereocenters. The minimum absolute atomic E-state index is 0.0357. The van der Waals surface area contributed by atoms with Gasteiger partial charge in [-0.25, -0.2) is 4.98 Å². The van der Waals surface area contributed by atoms with E-state index in [9.17, 15) is 4.79 Å². The Morgan fingerprint density at radius 1 is 1.23 bits per heavy atom.